The number of hydrogen-bond donors (Lipinski definition) is 0. The molecule has 5 rings (SSSR count). The van der Waals surface area contributed by atoms with Gasteiger partial charge in [0.15, 0.2) is 0 Å². The Kier molecular flexibility index (Phi) is 5.54. The van der Waals surface area contributed by atoms with Crippen molar-refractivity contribution >= 4 is 24.1 Å². The third kappa shape index (κ3) is 3.55. The lowest BCUT2D eigenvalue weighted by atomic mass is 9.99. The fraction of sp³-hybridized carbons (Fsp3) is 0.462. The molecule has 0 saturated heterocycles. The van der Waals surface area contributed by atoms with Crippen molar-refractivity contribution in [1.29, 1.82) is 0 Å². The zero-order chi connectivity index (χ0) is 18.8. The van der Waals surface area contributed by atoms with Crippen molar-refractivity contribution in [1.82, 2.24) is 4.57 Å². The van der Waals surface area contributed by atoms with Crippen molar-refractivity contribution in [3.8, 4) is 5.69 Å². The molecule has 0 unspecified atom stereocenters. The summed E-state index contributed by atoms with van der Waals surface area (Å²) in [7, 11) is -0.0938. The molecule has 0 amide bonds. The smallest absolute Gasteiger partial charge is 0.0532 e. The lowest BCUT2D eigenvalue weighted by Gasteiger charge is -2.39. The SMILES string of the molecule is c1ccc(P(C2CCCCC2)C2CCCCC2)c(-n2ccc3ccccc32)c1. The lowest BCUT2D eigenvalue weighted by molar-refractivity contribution is 0.487. The van der Waals surface area contributed by atoms with Gasteiger partial charge in [-0.1, -0.05) is 82.8 Å². The third-order valence-electron chi connectivity index (χ3n) is 6.96. The Labute approximate surface area is 170 Å². The minimum absolute atomic E-state index is 0.0938. The molecule has 3 aromatic rings. The summed E-state index contributed by atoms with van der Waals surface area (Å²) >= 11 is 0. The van der Waals surface area contributed by atoms with Gasteiger partial charge >= 0.3 is 0 Å². The zero-order valence-corrected chi connectivity index (χ0v) is 17.8. The highest BCUT2D eigenvalue weighted by atomic mass is 31.1. The van der Waals surface area contributed by atoms with Crippen molar-refractivity contribution in [3.63, 3.8) is 0 Å². The minimum Gasteiger partial charge on any atom is -0.316 e. The van der Waals surface area contributed by atoms with Crippen LogP contribution in [-0.4, -0.2) is 15.9 Å². The molecular formula is C26H32NP. The molecule has 1 aromatic heterocycles. The van der Waals surface area contributed by atoms with E-state index in [4.69, 9.17) is 0 Å². The van der Waals surface area contributed by atoms with Crippen molar-refractivity contribution in [3.05, 3.63) is 60.8 Å². The first-order valence-electron chi connectivity index (χ1n) is 11.4. The largest absolute Gasteiger partial charge is 0.316 e. The molecule has 1 nitrogen and oxygen atoms in total. The first kappa shape index (κ1) is 18.4. The molecular weight excluding hydrogens is 357 g/mol. The maximum Gasteiger partial charge on any atom is 0.0532 e. The van der Waals surface area contributed by atoms with Gasteiger partial charge in [0.1, 0.15) is 0 Å². The highest BCUT2D eigenvalue weighted by Crippen LogP contribution is 2.55. The predicted molar refractivity (Wildman–Crippen MR) is 124 cm³/mol. The van der Waals surface area contributed by atoms with Gasteiger partial charge < -0.3 is 4.57 Å². The maximum absolute atomic E-state index is 2.49. The molecule has 0 spiro atoms. The molecule has 2 aliphatic carbocycles. The second-order valence-corrected chi connectivity index (χ2v) is 11.5. The predicted octanol–water partition coefficient (Wildman–Crippen LogP) is 7.40. The van der Waals surface area contributed by atoms with Crippen molar-refractivity contribution in [2.24, 2.45) is 0 Å². The van der Waals surface area contributed by atoms with Crippen LogP contribution in [0.15, 0.2) is 60.8 Å². The molecule has 2 fully saturated rings. The van der Waals surface area contributed by atoms with E-state index in [-0.39, 0.29) is 7.92 Å². The van der Waals surface area contributed by atoms with E-state index < -0.39 is 0 Å². The van der Waals surface area contributed by atoms with E-state index in [1.54, 1.807) is 5.30 Å². The summed E-state index contributed by atoms with van der Waals surface area (Å²) in [5.74, 6) is 0. The third-order valence-corrected chi connectivity index (χ3v) is 10.5. The number of fused-ring (bicyclic) bond motifs is 1. The molecule has 0 atom stereocenters. The summed E-state index contributed by atoms with van der Waals surface area (Å²) in [6.07, 6.45) is 16.8. The summed E-state index contributed by atoms with van der Waals surface area (Å²) in [4.78, 5) is 0. The van der Waals surface area contributed by atoms with Crippen LogP contribution in [0.5, 0.6) is 0 Å². The average molecular weight is 390 g/mol. The molecule has 146 valence electrons. The van der Waals surface area contributed by atoms with Crippen LogP contribution in [0, 0.1) is 0 Å². The fourth-order valence-corrected chi connectivity index (χ4v) is 9.52. The van der Waals surface area contributed by atoms with Gasteiger partial charge in [0, 0.05) is 11.5 Å². The number of nitrogens with zero attached hydrogens (tertiary/aromatic N) is 1. The van der Waals surface area contributed by atoms with Crippen LogP contribution in [0.2, 0.25) is 0 Å². The van der Waals surface area contributed by atoms with Gasteiger partial charge in [-0.15, -0.1) is 0 Å². The summed E-state index contributed by atoms with van der Waals surface area (Å²) in [5, 5.41) is 3.02. The average Bonchev–Trinajstić information content (AvgIpc) is 3.20. The van der Waals surface area contributed by atoms with Crippen LogP contribution in [0.1, 0.15) is 64.2 Å². The number of hydrogen-bond acceptors (Lipinski definition) is 0. The van der Waals surface area contributed by atoms with Crippen LogP contribution in [0.4, 0.5) is 0 Å². The van der Waals surface area contributed by atoms with Gasteiger partial charge in [0.2, 0.25) is 0 Å². The minimum atomic E-state index is -0.0938. The van der Waals surface area contributed by atoms with E-state index in [2.05, 4.69) is 65.4 Å². The number of rotatable bonds is 4. The molecule has 0 bridgehead atoms. The summed E-state index contributed by atoms with van der Waals surface area (Å²) < 4.78 is 2.46. The monoisotopic (exact) mass is 389 g/mol. The Bertz CT molecular complexity index is 897. The van der Waals surface area contributed by atoms with E-state index in [9.17, 15) is 0 Å². The zero-order valence-electron chi connectivity index (χ0n) is 16.9. The maximum atomic E-state index is 2.49. The van der Waals surface area contributed by atoms with Crippen LogP contribution >= 0.6 is 7.92 Å². The van der Waals surface area contributed by atoms with Gasteiger partial charge in [-0.2, -0.15) is 0 Å². The van der Waals surface area contributed by atoms with Crippen LogP contribution < -0.4 is 5.30 Å². The van der Waals surface area contributed by atoms with E-state index >= 15 is 0 Å². The van der Waals surface area contributed by atoms with Gasteiger partial charge in [-0.05, 0) is 60.6 Å². The highest BCUT2D eigenvalue weighted by Gasteiger charge is 2.33. The Morgan fingerprint density at radius 2 is 1.25 bits per heavy atom. The molecule has 28 heavy (non-hydrogen) atoms. The Hall–Kier alpha value is -1.59. The van der Waals surface area contributed by atoms with E-state index in [1.165, 1.54) is 80.8 Å². The number of aromatic nitrogens is 1. The van der Waals surface area contributed by atoms with Gasteiger partial charge in [0.05, 0.1) is 11.2 Å². The molecule has 0 radical (unpaired) electrons. The van der Waals surface area contributed by atoms with Crippen molar-refractivity contribution < 1.29 is 0 Å². The van der Waals surface area contributed by atoms with Crippen LogP contribution in [-0.2, 0) is 0 Å². The molecule has 2 aliphatic rings. The first-order chi connectivity index (χ1) is 13.9. The molecule has 2 heteroatoms. The van der Waals surface area contributed by atoms with Crippen molar-refractivity contribution in [2.75, 3.05) is 0 Å². The summed E-state index contributed by atoms with van der Waals surface area (Å²) in [6.45, 7) is 0. The van der Waals surface area contributed by atoms with Gasteiger partial charge in [-0.25, -0.2) is 0 Å². The van der Waals surface area contributed by atoms with Gasteiger partial charge in [-0.3, -0.25) is 0 Å². The number of benzene rings is 2. The number of para-hydroxylation sites is 2. The van der Waals surface area contributed by atoms with E-state index in [0.29, 0.717) is 0 Å². The molecule has 1 heterocycles. The second kappa shape index (κ2) is 8.42. The summed E-state index contributed by atoms with van der Waals surface area (Å²) in [5.41, 5.74) is 4.67. The van der Waals surface area contributed by atoms with Crippen molar-refractivity contribution in [2.45, 2.75) is 75.5 Å². The van der Waals surface area contributed by atoms with E-state index in [0.717, 1.165) is 11.3 Å². The molecule has 0 N–H and O–H groups in total. The van der Waals surface area contributed by atoms with E-state index in [1.807, 2.05) is 0 Å². The van der Waals surface area contributed by atoms with Gasteiger partial charge in [0.25, 0.3) is 0 Å². The normalized spacial score (nSPS) is 19.5. The standard InChI is InChI=1S/C26H32NP/c1-3-12-22(13-4-1)28(23-14-5-2-6-15-23)26-18-10-9-17-25(26)27-20-19-21-11-7-8-16-24(21)27/h7-11,16-20,22-23H,1-6,12-15H2. The quantitative estimate of drug-likeness (QED) is 0.410. The highest BCUT2D eigenvalue weighted by molar-refractivity contribution is 7.67. The molecule has 2 saturated carbocycles. The summed E-state index contributed by atoms with van der Waals surface area (Å²) in [6, 6.07) is 20.5. The topological polar surface area (TPSA) is 4.93 Å². The molecule has 0 aliphatic heterocycles. The fourth-order valence-electron chi connectivity index (χ4n) is 5.59. The molecule has 2 aromatic carbocycles. The Balaban J connectivity index is 1.61. The second-order valence-electron chi connectivity index (χ2n) is 8.72. The van der Waals surface area contributed by atoms with Crippen LogP contribution in [0.3, 0.4) is 0 Å². The lowest BCUT2D eigenvalue weighted by Crippen LogP contribution is -2.28. The first-order valence-corrected chi connectivity index (χ1v) is 12.8. The van der Waals surface area contributed by atoms with Crippen LogP contribution in [0.25, 0.3) is 16.6 Å². The Morgan fingerprint density at radius 3 is 1.96 bits per heavy atom. The Morgan fingerprint density at radius 1 is 0.643 bits per heavy atom.